The van der Waals surface area contributed by atoms with E-state index in [4.69, 9.17) is 9.47 Å². The normalized spacial score (nSPS) is 15.2. The summed E-state index contributed by atoms with van der Waals surface area (Å²) in [6.45, 7) is 12.5. The third kappa shape index (κ3) is 9.57. The van der Waals surface area contributed by atoms with E-state index in [0.29, 0.717) is 11.5 Å². The Morgan fingerprint density at radius 3 is 2.41 bits per heavy atom. The van der Waals surface area contributed by atoms with Crippen molar-refractivity contribution in [2.45, 2.75) is 53.0 Å². The van der Waals surface area contributed by atoms with Crippen LogP contribution in [0.15, 0.2) is 0 Å². The molecule has 0 spiro atoms. The third-order valence-electron chi connectivity index (χ3n) is 3.28. The van der Waals surface area contributed by atoms with E-state index in [0.717, 1.165) is 39.2 Å². The molecule has 0 rings (SSSR count). The Balaban J connectivity index is 3.64. The minimum absolute atomic E-state index is 0.353. The van der Waals surface area contributed by atoms with Crippen LogP contribution in [0.2, 0.25) is 0 Å². The summed E-state index contributed by atoms with van der Waals surface area (Å²) in [5.74, 6) is 0. The zero-order valence-corrected chi connectivity index (χ0v) is 12.3. The Bertz CT molecular complexity index is 174. The van der Waals surface area contributed by atoms with Crippen LogP contribution in [0.1, 0.15) is 47.0 Å². The molecule has 3 nitrogen and oxygen atoms in total. The molecule has 0 aromatic carbocycles. The lowest BCUT2D eigenvalue weighted by Crippen LogP contribution is -2.36. The molecule has 0 radical (unpaired) electrons. The Kier molecular flexibility index (Phi) is 9.79. The van der Waals surface area contributed by atoms with Crippen LogP contribution in [0.3, 0.4) is 0 Å². The molecule has 17 heavy (non-hydrogen) atoms. The van der Waals surface area contributed by atoms with Gasteiger partial charge in [0.25, 0.3) is 0 Å². The molecule has 1 atom stereocenters. The molecule has 0 aliphatic heterocycles. The fourth-order valence-corrected chi connectivity index (χ4v) is 1.57. The summed E-state index contributed by atoms with van der Waals surface area (Å²) in [4.78, 5) is 0. The average Bonchev–Trinajstić information content (AvgIpc) is 2.31. The van der Waals surface area contributed by atoms with Crippen LogP contribution in [0.25, 0.3) is 0 Å². The Hall–Kier alpha value is -0.120. The van der Waals surface area contributed by atoms with Crippen molar-refractivity contribution < 1.29 is 9.47 Å². The molecule has 0 aromatic rings. The van der Waals surface area contributed by atoms with E-state index in [1.807, 2.05) is 0 Å². The first-order valence-electron chi connectivity index (χ1n) is 6.84. The van der Waals surface area contributed by atoms with Crippen molar-refractivity contribution in [2.75, 3.05) is 33.5 Å². The number of nitrogens with one attached hydrogen (secondary N) is 1. The zero-order valence-electron chi connectivity index (χ0n) is 12.3. The first kappa shape index (κ1) is 16.9. The molecular weight excluding hydrogens is 214 g/mol. The molecule has 104 valence electrons. The molecule has 0 fully saturated rings. The Labute approximate surface area is 107 Å². The third-order valence-corrected chi connectivity index (χ3v) is 3.28. The summed E-state index contributed by atoms with van der Waals surface area (Å²) in [5, 5.41) is 3.52. The van der Waals surface area contributed by atoms with Gasteiger partial charge < -0.3 is 14.8 Å². The summed E-state index contributed by atoms with van der Waals surface area (Å²) in [5.41, 5.74) is 0.353. The van der Waals surface area contributed by atoms with Gasteiger partial charge in [-0.25, -0.2) is 0 Å². The second-order valence-electron chi connectivity index (χ2n) is 5.41. The Morgan fingerprint density at radius 2 is 1.88 bits per heavy atom. The molecule has 0 aromatic heterocycles. The van der Waals surface area contributed by atoms with Gasteiger partial charge in [-0.2, -0.15) is 0 Å². The van der Waals surface area contributed by atoms with Gasteiger partial charge >= 0.3 is 0 Å². The maximum atomic E-state index is 5.63. The molecular formula is C14H31NO2. The minimum atomic E-state index is 0.353. The molecule has 0 aliphatic rings. The van der Waals surface area contributed by atoms with Crippen LogP contribution in [-0.4, -0.2) is 39.5 Å². The lowest BCUT2D eigenvalue weighted by Gasteiger charge is -2.29. The largest absolute Gasteiger partial charge is 0.385 e. The van der Waals surface area contributed by atoms with Gasteiger partial charge in [-0.05, 0) is 24.7 Å². The lowest BCUT2D eigenvalue weighted by molar-refractivity contribution is 0.0777. The fraction of sp³-hybridized carbons (Fsp3) is 1.00. The van der Waals surface area contributed by atoms with E-state index in [1.165, 1.54) is 6.42 Å². The van der Waals surface area contributed by atoms with Gasteiger partial charge in [0, 0.05) is 39.5 Å². The molecule has 1 unspecified atom stereocenters. The molecule has 0 amide bonds. The van der Waals surface area contributed by atoms with E-state index >= 15 is 0 Å². The van der Waals surface area contributed by atoms with Gasteiger partial charge in [0.15, 0.2) is 0 Å². The summed E-state index contributed by atoms with van der Waals surface area (Å²) >= 11 is 0. The van der Waals surface area contributed by atoms with Crippen molar-refractivity contribution in [3.63, 3.8) is 0 Å². The van der Waals surface area contributed by atoms with Gasteiger partial charge in [0.1, 0.15) is 0 Å². The van der Waals surface area contributed by atoms with Crippen LogP contribution in [-0.2, 0) is 9.47 Å². The molecule has 0 aliphatic carbocycles. The van der Waals surface area contributed by atoms with Gasteiger partial charge in [0.2, 0.25) is 0 Å². The van der Waals surface area contributed by atoms with Gasteiger partial charge in [-0.3, -0.25) is 0 Å². The SMILES string of the molecule is CCC(C)(CCOCCCOC)CNC(C)C. The molecule has 3 heteroatoms. The average molecular weight is 245 g/mol. The van der Waals surface area contributed by atoms with Crippen LogP contribution >= 0.6 is 0 Å². The maximum Gasteiger partial charge on any atom is 0.0487 e. The van der Waals surface area contributed by atoms with Crippen molar-refractivity contribution in [3.8, 4) is 0 Å². The molecule has 0 saturated heterocycles. The van der Waals surface area contributed by atoms with E-state index < -0.39 is 0 Å². The monoisotopic (exact) mass is 245 g/mol. The molecule has 1 N–H and O–H groups in total. The second kappa shape index (κ2) is 9.86. The number of hydrogen-bond donors (Lipinski definition) is 1. The van der Waals surface area contributed by atoms with E-state index in [1.54, 1.807) is 7.11 Å². The molecule has 0 bridgehead atoms. The summed E-state index contributed by atoms with van der Waals surface area (Å²) in [6.07, 6.45) is 3.30. The highest BCUT2D eigenvalue weighted by atomic mass is 16.5. The standard InChI is InChI=1S/C14H31NO2/c1-6-14(4,12-15-13(2)3)8-11-17-10-7-9-16-5/h13,15H,6-12H2,1-5H3. The number of rotatable bonds is 11. The summed E-state index contributed by atoms with van der Waals surface area (Å²) in [6, 6.07) is 0.559. The first-order chi connectivity index (χ1) is 8.04. The fourth-order valence-electron chi connectivity index (χ4n) is 1.57. The van der Waals surface area contributed by atoms with Crippen molar-refractivity contribution in [1.82, 2.24) is 5.32 Å². The zero-order chi connectivity index (χ0) is 13.1. The highest BCUT2D eigenvalue weighted by Gasteiger charge is 2.21. The Morgan fingerprint density at radius 1 is 1.18 bits per heavy atom. The van der Waals surface area contributed by atoms with E-state index in [9.17, 15) is 0 Å². The van der Waals surface area contributed by atoms with Gasteiger partial charge in [-0.1, -0.05) is 27.7 Å². The second-order valence-corrected chi connectivity index (χ2v) is 5.41. The predicted octanol–water partition coefficient (Wildman–Crippen LogP) is 2.84. The van der Waals surface area contributed by atoms with Crippen LogP contribution in [0.5, 0.6) is 0 Å². The quantitative estimate of drug-likeness (QED) is 0.568. The smallest absolute Gasteiger partial charge is 0.0487 e. The van der Waals surface area contributed by atoms with Crippen LogP contribution in [0, 0.1) is 5.41 Å². The maximum absolute atomic E-state index is 5.63. The van der Waals surface area contributed by atoms with E-state index in [2.05, 4.69) is 33.0 Å². The first-order valence-corrected chi connectivity index (χ1v) is 6.84. The van der Waals surface area contributed by atoms with E-state index in [-0.39, 0.29) is 0 Å². The van der Waals surface area contributed by atoms with Crippen LogP contribution in [0.4, 0.5) is 0 Å². The van der Waals surface area contributed by atoms with Crippen molar-refractivity contribution in [3.05, 3.63) is 0 Å². The number of methoxy groups -OCH3 is 1. The van der Waals surface area contributed by atoms with Crippen molar-refractivity contribution in [2.24, 2.45) is 5.41 Å². The lowest BCUT2D eigenvalue weighted by atomic mass is 9.84. The minimum Gasteiger partial charge on any atom is -0.385 e. The van der Waals surface area contributed by atoms with Gasteiger partial charge in [-0.15, -0.1) is 0 Å². The predicted molar refractivity (Wildman–Crippen MR) is 73.5 cm³/mol. The summed E-state index contributed by atoms with van der Waals surface area (Å²) < 4.78 is 10.6. The number of hydrogen-bond acceptors (Lipinski definition) is 3. The molecule has 0 saturated carbocycles. The summed E-state index contributed by atoms with van der Waals surface area (Å²) in [7, 11) is 1.73. The van der Waals surface area contributed by atoms with Crippen molar-refractivity contribution in [1.29, 1.82) is 0 Å². The number of ether oxygens (including phenoxy) is 2. The van der Waals surface area contributed by atoms with Gasteiger partial charge in [0.05, 0.1) is 0 Å². The van der Waals surface area contributed by atoms with Crippen LogP contribution < -0.4 is 5.32 Å². The molecule has 0 heterocycles. The highest BCUT2D eigenvalue weighted by molar-refractivity contribution is 4.76. The topological polar surface area (TPSA) is 30.5 Å². The van der Waals surface area contributed by atoms with Crippen molar-refractivity contribution >= 4 is 0 Å². The highest BCUT2D eigenvalue weighted by Crippen LogP contribution is 2.24.